The first-order valence-corrected chi connectivity index (χ1v) is 16.3. The van der Waals surface area contributed by atoms with E-state index in [0.29, 0.717) is 28.7 Å². The van der Waals surface area contributed by atoms with Crippen LogP contribution in [0.2, 0.25) is 0 Å². The first kappa shape index (κ1) is 33.2. The largest absolute Gasteiger partial charge is 0.447 e. The summed E-state index contributed by atoms with van der Waals surface area (Å²) in [6.07, 6.45) is 1.20. The number of carbonyl (C=O) groups is 4. The fourth-order valence-corrected chi connectivity index (χ4v) is 7.23. The van der Waals surface area contributed by atoms with E-state index in [0.717, 1.165) is 12.8 Å². The van der Waals surface area contributed by atoms with E-state index in [9.17, 15) is 24.4 Å². The molecule has 2 saturated heterocycles. The predicted molar refractivity (Wildman–Crippen MR) is 171 cm³/mol. The number of fused-ring (bicyclic) bond motifs is 4. The van der Waals surface area contributed by atoms with Crippen molar-refractivity contribution in [3.8, 4) is 17.2 Å². The number of amides is 3. The minimum absolute atomic E-state index is 0.0228. The van der Waals surface area contributed by atoms with Crippen molar-refractivity contribution >= 4 is 24.1 Å². The van der Waals surface area contributed by atoms with E-state index in [1.54, 1.807) is 71.9 Å². The van der Waals surface area contributed by atoms with Gasteiger partial charge >= 0.3 is 18.2 Å². The van der Waals surface area contributed by atoms with Gasteiger partial charge in [-0.2, -0.15) is 5.26 Å². The average molecular weight is 661 g/mol. The second kappa shape index (κ2) is 11.8. The highest BCUT2D eigenvalue weighted by Crippen LogP contribution is 2.46. The number of carbonyl (C=O) groups excluding carboxylic acids is 4. The maximum absolute atomic E-state index is 15.5. The van der Waals surface area contributed by atoms with Crippen molar-refractivity contribution in [1.82, 2.24) is 15.1 Å². The lowest BCUT2D eigenvalue weighted by Crippen LogP contribution is -2.62. The molecule has 3 aliphatic heterocycles. The first-order valence-electron chi connectivity index (χ1n) is 16.3. The number of halogens is 1. The zero-order chi connectivity index (χ0) is 34.8. The molecule has 0 unspecified atom stereocenters. The van der Waals surface area contributed by atoms with Crippen molar-refractivity contribution in [3.05, 3.63) is 58.9 Å². The molecule has 0 aromatic heterocycles. The minimum Gasteiger partial charge on any atom is -0.447 e. The fourth-order valence-electron chi connectivity index (χ4n) is 7.23. The summed E-state index contributed by atoms with van der Waals surface area (Å²) < 4.78 is 32.3. The molecule has 12 heteroatoms. The van der Waals surface area contributed by atoms with Crippen LogP contribution in [0.1, 0.15) is 82.3 Å². The molecule has 1 aliphatic carbocycles. The van der Waals surface area contributed by atoms with Crippen molar-refractivity contribution in [2.45, 2.75) is 102 Å². The van der Waals surface area contributed by atoms with E-state index in [2.05, 4.69) is 11.4 Å². The van der Waals surface area contributed by atoms with Gasteiger partial charge in [-0.1, -0.05) is 18.2 Å². The van der Waals surface area contributed by atoms with E-state index in [1.807, 2.05) is 0 Å². The summed E-state index contributed by atoms with van der Waals surface area (Å²) in [6, 6.07) is 9.99. The number of hydrogen-bond donors (Lipinski definition) is 1. The van der Waals surface area contributed by atoms with Crippen molar-refractivity contribution in [3.63, 3.8) is 0 Å². The van der Waals surface area contributed by atoms with Gasteiger partial charge in [0.2, 0.25) is 5.91 Å². The number of ether oxygens (including phenoxy) is 3. The molecule has 2 aromatic rings. The fraction of sp³-hybridized carbons (Fsp3) is 0.528. The second-order valence-electron chi connectivity index (χ2n) is 15.2. The normalized spacial score (nSPS) is 22.8. The number of rotatable bonds is 5. The SMILES string of the molecule is CC(C)(C)OC(=O)N1CC2(C1)OC(=O)c1ccc(-c3ccc(C[C@@H](C#N)NC(=O)[C@@H]4[C@H]5CC[C@H](C5)N4C(=O)OC(C)(C)C)c(F)c3)cc12. The third kappa shape index (κ3) is 6.30. The van der Waals surface area contributed by atoms with Gasteiger partial charge in [-0.05, 0) is 102 Å². The zero-order valence-electron chi connectivity index (χ0n) is 28.1. The lowest BCUT2D eigenvalue weighted by atomic mass is 9.84. The van der Waals surface area contributed by atoms with Crippen LogP contribution in [0.15, 0.2) is 36.4 Å². The van der Waals surface area contributed by atoms with Crippen LogP contribution >= 0.6 is 0 Å². The third-order valence-electron chi connectivity index (χ3n) is 9.30. The summed E-state index contributed by atoms with van der Waals surface area (Å²) in [7, 11) is 0. The molecule has 6 rings (SSSR count). The van der Waals surface area contributed by atoms with Crippen molar-refractivity contribution < 1.29 is 37.8 Å². The quantitative estimate of drug-likeness (QED) is 0.330. The monoisotopic (exact) mass is 660 g/mol. The standard InChI is InChI=1S/C36H41FN4O7/c1-34(2,3)47-32(44)40-18-36(19-40)27-15-20(10-12-26(27)31(43)46-36)21-7-8-22(28(37)16-21)13-24(17-38)39-30(42)29-23-9-11-25(14-23)41(29)33(45)48-35(4,5)6/h7-8,10,12,15-16,23-25,29H,9,11,13-14,18-19H2,1-6H3,(H,39,42)/t23-,24-,25+,29-/m0/s1. The highest BCUT2D eigenvalue weighted by Gasteiger charge is 2.56. The van der Waals surface area contributed by atoms with Gasteiger partial charge in [0.25, 0.3) is 0 Å². The lowest BCUT2D eigenvalue weighted by Gasteiger charge is -2.46. The smallest absolute Gasteiger partial charge is 0.411 e. The number of nitrogens with one attached hydrogen (secondary N) is 1. The van der Waals surface area contributed by atoms with Crippen LogP contribution in [0, 0.1) is 23.1 Å². The second-order valence-corrected chi connectivity index (χ2v) is 15.2. The Morgan fingerprint density at radius 1 is 1.02 bits per heavy atom. The van der Waals surface area contributed by atoms with Crippen LogP contribution < -0.4 is 5.32 Å². The Morgan fingerprint density at radius 2 is 1.67 bits per heavy atom. The number of hydrogen-bond acceptors (Lipinski definition) is 8. The molecule has 11 nitrogen and oxygen atoms in total. The molecule has 2 aromatic carbocycles. The maximum Gasteiger partial charge on any atom is 0.411 e. The predicted octanol–water partition coefficient (Wildman–Crippen LogP) is 5.45. The van der Waals surface area contributed by atoms with Crippen LogP contribution in [0.25, 0.3) is 11.1 Å². The Bertz CT molecular complexity index is 1720. The maximum atomic E-state index is 15.5. The molecule has 3 heterocycles. The summed E-state index contributed by atoms with van der Waals surface area (Å²) in [6.45, 7) is 10.9. The van der Waals surface area contributed by atoms with Crippen LogP contribution in [0.5, 0.6) is 0 Å². The Balaban J connectivity index is 1.14. The van der Waals surface area contributed by atoms with E-state index in [4.69, 9.17) is 14.2 Å². The van der Waals surface area contributed by atoms with Gasteiger partial charge in [0.05, 0.1) is 24.7 Å². The molecular formula is C36H41FN4O7. The molecule has 254 valence electrons. The number of benzene rings is 2. The molecule has 1 N–H and O–H groups in total. The van der Waals surface area contributed by atoms with E-state index < -0.39 is 58.8 Å². The van der Waals surface area contributed by atoms with Crippen LogP contribution in [-0.2, 0) is 31.0 Å². The van der Waals surface area contributed by atoms with Crippen LogP contribution in [0.4, 0.5) is 14.0 Å². The van der Waals surface area contributed by atoms with Gasteiger partial charge in [0, 0.05) is 18.0 Å². The Kier molecular flexibility index (Phi) is 8.17. The highest BCUT2D eigenvalue weighted by atomic mass is 19.1. The molecule has 3 fully saturated rings. The molecule has 1 saturated carbocycles. The van der Waals surface area contributed by atoms with Gasteiger partial charge in [-0.3, -0.25) is 14.6 Å². The third-order valence-corrected chi connectivity index (χ3v) is 9.30. The molecule has 3 amide bonds. The number of esters is 1. The van der Waals surface area contributed by atoms with E-state index in [1.165, 1.54) is 15.9 Å². The molecule has 4 aliphatic rings. The summed E-state index contributed by atoms with van der Waals surface area (Å²) in [5.41, 5.74) is 0.0894. The lowest BCUT2D eigenvalue weighted by molar-refractivity contribution is -0.128. The topological polar surface area (TPSA) is 138 Å². The number of piperidine rings is 1. The van der Waals surface area contributed by atoms with Gasteiger partial charge in [-0.25, -0.2) is 18.8 Å². The Morgan fingerprint density at radius 3 is 2.31 bits per heavy atom. The highest BCUT2D eigenvalue weighted by molar-refractivity contribution is 5.96. The van der Waals surface area contributed by atoms with Crippen molar-refractivity contribution in [2.75, 3.05) is 13.1 Å². The Labute approximate surface area is 279 Å². The molecule has 2 bridgehead atoms. The zero-order valence-corrected chi connectivity index (χ0v) is 28.1. The van der Waals surface area contributed by atoms with Crippen molar-refractivity contribution in [1.29, 1.82) is 5.26 Å². The Hall–Kier alpha value is -4.66. The molecular weight excluding hydrogens is 619 g/mol. The number of nitriles is 1. The van der Waals surface area contributed by atoms with Crippen LogP contribution in [-0.4, -0.2) is 76.3 Å². The minimum atomic E-state index is -1.02. The summed E-state index contributed by atoms with van der Waals surface area (Å²) in [4.78, 5) is 54.6. The van der Waals surface area contributed by atoms with Gasteiger partial charge in [-0.15, -0.1) is 0 Å². The number of nitrogens with zero attached hydrogens (tertiary/aromatic N) is 3. The average Bonchev–Trinajstić information content (AvgIpc) is 3.67. The van der Waals surface area contributed by atoms with Crippen LogP contribution in [0.3, 0.4) is 0 Å². The first-order chi connectivity index (χ1) is 22.5. The molecule has 0 radical (unpaired) electrons. The number of likely N-dealkylation sites (tertiary alicyclic amines) is 2. The van der Waals surface area contributed by atoms with E-state index >= 15 is 4.39 Å². The van der Waals surface area contributed by atoms with Gasteiger partial charge < -0.3 is 19.5 Å². The van der Waals surface area contributed by atoms with Gasteiger partial charge in [0.15, 0.2) is 5.60 Å². The molecule has 1 spiro atoms. The molecule has 48 heavy (non-hydrogen) atoms. The summed E-state index contributed by atoms with van der Waals surface area (Å²) in [5.74, 6) is -1.50. The van der Waals surface area contributed by atoms with E-state index in [-0.39, 0.29) is 37.0 Å². The summed E-state index contributed by atoms with van der Waals surface area (Å²) in [5, 5.41) is 12.6. The molecule has 4 atom stereocenters. The summed E-state index contributed by atoms with van der Waals surface area (Å²) >= 11 is 0. The van der Waals surface area contributed by atoms with Gasteiger partial charge in [0.1, 0.15) is 29.1 Å². The van der Waals surface area contributed by atoms with Crippen molar-refractivity contribution in [2.24, 2.45) is 5.92 Å².